The molecule has 0 spiro atoms. The number of carbonyl (C=O) groups excluding carboxylic acids is 1. The fourth-order valence-corrected chi connectivity index (χ4v) is 2.98. The molecule has 0 aliphatic carbocycles. The first-order chi connectivity index (χ1) is 11.4. The summed E-state index contributed by atoms with van der Waals surface area (Å²) in [5.41, 5.74) is 4.91. The summed E-state index contributed by atoms with van der Waals surface area (Å²) in [7, 11) is 1.44. The molecule has 0 saturated carbocycles. The molecule has 7 nitrogen and oxygen atoms in total. The van der Waals surface area contributed by atoms with Crippen LogP contribution in [0.2, 0.25) is 0 Å². The van der Waals surface area contributed by atoms with E-state index >= 15 is 0 Å². The van der Waals surface area contributed by atoms with E-state index in [1.807, 2.05) is 13.8 Å². The molecule has 1 aliphatic rings. The van der Waals surface area contributed by atoms with E-state index in [0.717, 1.165) is 12.2 Å². The Kier molecular flexibility index (Phi) is 10.5. The SMILES string of the molecule is CC(C)(CS)CC(C)(C)C(N)=O.COC1O[C@H](CO)CC(O)[C@@H]1CO. The van der Waals surface area contributed by atoms with Gasteiger partial charge in [0.1, 0.15) is 0 Å². The average molecular weight is 382 g/mol. The van der Waals surface area contributed by atoms with Gasteiger partial charge in [0.2, 0.25) is 5.91 Å². The molecular weight excluding hydrogens is 346 g/mol. The fraction of sp³-hybridized carbons (Fsp3) is 0.941. The van der Waals surface area contributed by atoms with Gasteiger partial charge in [-0.25, -0.2) is 0 Å². The summed E-state index contributed by atoms with van der Waals surface area (Å²) in [6.45, 7) is 7.60. The van der Waals surface area contributed by atoms with Gasteiger partial charge in [0.25, 0.3) is 0 Å². The number of hydrogen-bond donors (Lipinski definition) is 5. The molecule has 0 bridgehead atoms. The summed E-state index contributed by atoms with van der Waals surface area (Å²) in [5.74, 6) is 0.106. The maximum absolute atomic E-state index is 11.0. The van der Waals surface area contributed by atoms with E-state index in [1.165, 1.54) is 7.11 Å². The van der Waals surface area contributed by atoms with Crippen molar-refractivity contribution in [1.29, 1.82) is 0 Å². The monoisotopic (exact) mass is 381 g/mol. The molecule has 25 heavy (non-hydrogen) atoms. The number of methoxy groups -OCH3 is 1. The molecule has 0 radical (unpaired) electrons. The summed E-state index contributed by atoms with van der Waals surface area (Å²) in [4.78, 5) is 11.0. The summed E-state index contributed by atoms with van der Waals surface area (Å²) in [5, 5.41) is 27.3. The summed E-state index contributed by atoms with van der Waals surface area (Å²) in [6.07, 6.45) is -0.602. The van der Waals surface area contributed by atoms with E-state index in [9.17, 15) is 9.90 Å². The zero-order valence-electron chi connectivity index (χ0n) is 15.9. The highest BCUT2D eigenvalue weighted by molar-refractivity contribution is 7.80. The van der Waals surface area contributed by atoms with E-state index < -0.39 is 29.8 Å². The highest BCUT2D eigenvalue weighted by Crippen LogP contribution is 2.34. The molecule has 8 heteroatoms. The molecule has 0 aromatic rings. The minimum Gasteiger partial charge on any atom is -0.396 e. The molecule has 1 aliphatic heterocycles. The first-order valence-electron chi connectivity index (χ1n) is 8.43. The normalized spacial score (nSPS) is 27.4. The van der Waals surface area contributed by atoms with E-state index in [4.69, 9.17) is 25.4 Å². The zero-order valence-corrected chi connectivity index (χ0v) is 16.8. The quantitative estimate of drug-likeness (QED) is 0.411. The zero-order chi connectivity index (χ0) is 19.8. The van der Waals surface area contributed by atoms with Gasteiger partial charge < -0.3 is 30.5 Å². The van der Waals surface area contributed by atoms with Crippen LogP contribution in [0, 0.1) is 16.7 Å². The van der Waals surface area contributed by atoms with Gasteiger partial charge in [0, 0.05) is 18.9 Å². The standard InChI is InChI=1S/C9H19NOS.C8H16O5/c1-8(2,6-12)5-9(3,4)7(10)11;1-12-8-6(4-10)7(11)2-5(3-9)13-8/h12H,5-6H2,1-4H3,(H2,10,11);5-11H,2-4H2,1H3/t;5-,6-,7?,8?/m.0/s1. The number of hydrogen-bond acceptors (Lipinski definition) is 7. The summed E-state index contributed by atoms with van der Waals surface area (Å²) >= 11 is 4.23. The van der Waals surface area contributed by atoms with Crippen LogP contribution in [-0.2, 0) is 14.3 Å². The minimum absolute atomic E-state index is 0.0711. The van der Waals surface area contributed by atoms with Gasteiger partial charge in [-0.3, -0.25) is 4.79 Å². The second-order valence-corrected chi connectivity index (χ2v) is 8.26. The van der Waals surface area contributed by atoms with Crippen molar-refractivity contribution in [2.24, 2.45) is 22.5 Å². The molecule has 2 unspecified atom stereocenters. The summed E-state index contributed by atoms with van der Waals surface area (Å²) < 4.78 is 10.2. The number of aliphatic hydroxyl groups excluding tert-OH is 3. The van der Waals surface area contributed by atoms with Gasteiger partial charge >= 0.3 is 0 Å². The minimum atomic E-state index is -0.680. The first-order valence-corrected chi connectivity index (χ1v) is 9.06. The van der Waals surface area contributed by atoms with Crippen molar-refractivity contribution in [2.75, 3.05) is 26.1 Å². The van der Waals surface area contributed by atoms with Gasteiger partial charge in [-0.1, -0.05) is 27.7 Å². The largest absolute Gasteiger partial charge is 0.396 e. The van der Waals surface area contributed by atoms with Crippen molar-refractivity contribution in [2.45, 2.75) is 59.0 Å². The highest BCUT2D eigenvalue weighted by Gasteiger charge is 2.37. The second kappa shape index (κ2) is 10.7. The molecule has 4 atom stereocenters. The summed E-state index contributed by atoms with van der Waals surface area (Å²) in [6, 6.07) is 0. The molecule has 150 valence electrons. The molecule has 1 fully saturated rings. The van der Waals surface area contributed by atoms with Crippen LogP contribution < -0.4 is 5.73 Å². The van der Waals surface area contributed by atoms with E-state index in [-0.39, 0.29) is 24.5 Å². The number of carbonyl (C=O) groups is 1. The van der Waals surface area contributed by atoms with Gasteiger partial charge in [-0.15, -0.1) is 0 Å². The lowest BCUT2D eigenvalue weighted by Crippen LogP contribution is -2.47. The van der Waals surface area contributed by atoms with Crippen LogP contribution in [0.15, 0.2) is 0 Å². The molecule has 5 N–H and O–H groups in total. The Bertz CT molecular complexity index is 405. The predicted molar refractivity (Wildman–Crippen MR) is 99.2 cm³/mol. The Morgan fingerprint density at radius 3 is 2.20 bits per heavy atom. The Balaban J connectivity index is 0.000000463. The molecule has 1 rings (SSSR count). The lowest BCUT2D eigenvalue weighted by molar-refractivity contribution is -0.248. The average Bonchev–Trinajstić information content (AvgIpc) is 2.53. The lowest BCUT2D eigenvalue weighted by Gasteiger charge is -2.37. The highest BCUT2D eigenvalue weighted by atomic mass is 32.1. The molecule has 1 heterocycles. The third-order valence-electron chi connectivity index (χ3n) is 4.34. The number of rotatable bonds is 7. The third-order valence-corrected chi connectivity index (χ3v) is 5.19. The van der Waals surface area contributed by atoms with Crippen LogP contribution in [0.1, 0.15) is 40.5 Å². The van der Waals surface area contributed by atoms with Crippen LogP contribution in [0.4, 0.5) is 0 Å². The molecule has 1 saturated heterocycles. The smallest absolute Gasteiger partial charge is 0.223 e. The van der Waals surface area contributed by atoms with Crippen molar-refractivity contribution >= 4 is 18.5 Å². The van der Waals surface area contributed by atoms with Crippen LogP contribution in [-0.4, -0.2) is 65.8 Å². The Labute approximate surface area is 156 Å². The van der Waals surface area contributed by atoms with Crippen molar-refractivity contribution in [3.63, 3.8) is 0 Å². The van der Waals surface area contributed by atoms with Crippen molar-refractivity contribution < 1.29 is 29.6 Å². The van der Waals surface area contributed by atoms with Gasteiger partial charge in [0.05, 0.1) is 31.3 Å². The number of thiol groups is 1. The molecule has 0 aromatic carbocycles. The lowest BCUT2D eigenvalue weighted by atomic mass is 9.76. The van der Waals surface area contributed by atoms with Crippen LogP contribution in [0.5, 0.6) is 0 Å². The molecular formula is C17H35NO6S. The van der Waals surface area contributed by atoms with Crippen LogP contribution in [0.3, 0.4) is 0 Å². The van der Waals surface area contributed by atoms with E-state index in [0.29, 0.717) is 6.42 Å². The van der Waals surface area contributed by atoms with Crippen molar-refractivity contribution in [1.82, 2.24) is 0 Å². The third kappa shape index (κ3) is 8.23. The number of nitrogens with two attached hydrogens (primary N) is 1. The fourth-order valence-electron chi connectivity index (χ4n) is 2.87. The second-order valence-electron chi connectivity index (χ2n) is 7.94. The maximum Gasteiger partial charge on any atom is 0.223 e. The van der Waals surface area contributed by atoms with E-state index in [2.05, 4.69) is 26.5 Å². The first kappa shape index (κ1) is 24.6. The van der Waals surface area contributed by atoms with Gasteiger partial charge in [-0.2, -0.15) is 12.6 Å². The van der Waals surface area contributed by atoms with E-state index in [1.54, 1.807) is 0 Å². The van der Waals surface area contributed by atoms with Crippen LogP contribution >= 0.6 is 12.6 Å². The Hall–Kier alpha value is -0.380. The molecule has 0 aromatic heterocycles. The number of aliphatic hydroxyl groups is 3. The number of primary amides is 1. The molecule has 1 amide bonds. The Morgan fingerprint density at radius 2 is 1.84 bits per heavy atom. The van der Waals surface area contributed by atoms with Gasteiger partial charge in [-0.05, 0) is 17.6 Å². The maximum atomic E-state index is 11.0. The van der Waals surface area contributed by atoms with Crippen molar-refractivity contribution in [3.8, 4) is 0 Å². The van der Waals surface area contributed by atoms with Crippen LogP contribution in [0.25, 0.3) is 0 Å². The van der Waals surface area contributed by atoms with Gasteiger partial charge in [0.15, 0.2) is 6.29 Å². The Morgan fingerprint density at radius 1 is 1.28 bits per heavy atom. The van der Waals surface area contributed by atoms with Crippen molar-refractivity contribution in [3.05, 3.63) is 0 Å². The topological polar surface area (TPSA) is 122 Å². The number of ether oxygens (including phenoxy) is 2. The number of amides is 1. The predicted octanol–water partition coefficient (Wildman–Crippen LogP) is 0.554.